The Kier molecular flexibility index (Phi) is 12.8. The number of aromatic nitrogens is 4. The van der Waals surface area contributed by atoms with Crippen LogP contribution in [0.15, 0.2) is 60.9 Å². The number of H-pyrrole nitrogens is 2. The third kappa shape index (κ3) is 8.90. The number of rotatable bonds is 13. The lowest BCUT2D eigenvalue weighted by molar-refractivity contribution is -0.136. The normalized spacial score (nSPS) is 17.9. The Labute approximate surface area is 329 Å². The first kappa shape index (κ1) is 40.0. The fourth-order valence-electron chi connectivity index (χ4n) is 7.71. The molecule has 2 fully saturated rings. The maximum Gasteiger partial charge on any atom is 0.315 e. The number of likely N-dealkylation sites (tertiary alicyclic amines) is 2. The molecule has 2 aliphatic rings. The molecule has 14 heteroatoms. The molecular weight excluding hydrogens is 709 g/mol. The van der Waals surface area contributed by atoms with Crippen molar-refractivity contribution in [2.24, 2.45) is 11.8 Å². The summed E-state index contributed by atoms with van der Waals surface area (Å²) in [5.74, 6) is 1.18. The molecule has 298 valence electrons. The fourth-order valence-corrected chi connectivity index (χ4v) is 7.71. The number of hydrogen-bond acceptors (Lipinski definition) is 6. The number of benzene rings is 2. The average molecular weight is 765 g/mol. The second-order valence-corrected chi connectivity index (χ2v) is 15.3. The molecule has 4 heterocycles. The highest BCUT2D eigenvalue weighted by atomic mass is 16.2. The first-order valence-corrected chi connectivity index (χ1v) is 20.0. The molecule has 2 aromatic heterocycles. The van der Waals surface area contributed by atoms with Crippen molar-refractivity contribution in [3.63, 3.8) is 0 Å². The van der Waals surface area contributed by atoms with E-state index < -0.39 is 12.1 Å². The van der Waals surface area contributed by atoms with E-state index in [0.717, 1.165) is 71.0 Å². The number of carbonyl (C=O) groups excluding carboxylic acids is 4. The van der Waals surface area contributed by atoms with Crippen LogP contribution in [0.25, 0.3) is 33.6 Å². The van der Waals surface area contributed by atoms with Crippen molar-refractivity contribution in [1.29, 1.82) is 0 Å². The second kappa shape index (κ2) is 17.9. The van der Waals surface area contributed by atoms with E-state index in [1.165, 1.54) is 0 Å². The highest BCUT2D eigenvalue weighted by Gasteiger charge is 2.38. The van der Waals surface area contributed by atoms with Gasteiger partial charge in [-0.3, -0.25) is 9.59 Å². The lowest BCUT2D eigenvalue weighted by atomic mass is 10.0. The number of aromatic amines is 2. The minimum atomic E-state index is -0.622. The van der Waals surface area contributed by atoms with Crippen LogP contribution in [0.2, 0.25) is 0 Å². The van der Waals surface area contributed by atoms with E-state index in [4.69, 9.17) is 9.97 Å². The van der Waals surface area contributed by atoms with E-state index in [-0.39, 0.29) is 47.8 Å². The Balaban J connectivity index is 1.10. The number of carbonyl (C=O) groups is 4. The van der Waals surface area contributed by atoms with Gasteiger partial charge in [0.25, 0.3) is 0 Å². The summed E-state index contributed by atoms with van der Waals surface area (Å²) < 4.78 is 0. The number of hydrogen-bond donors (Lipinski definition) is 6. The number of urea groups is 2. The van der Waals surface area contributed by atoms with Crippen molar-refractivity contribution in [2.45, 2.75) is 91.4 Å². The van der Waals surface area contributed by atoms with E-state index in [1.54, 1.807) is 0 Å². The van der Waals surface area contributed by atoms with Crippen molar-refractivity contribution in [3.05, 3.63) is 72.6 Å². The number of nitrogens with one attached hydrogen (secondary N) is 6. The second-order valence-electron chi connectivity index (χ2n) is 15.3. The predicted octanol–water partition coefficient (Wildman–Crippen LogP) is 6.15. The van der Waals surface area contributed by atoms with Crippen molar-refractivity contribution < 1.29 is 19.2 Å². The van der Waals surface area contributed by atoms with Gasteiger partial charge in [0, 0.05) is 26.2 Å². The number of imidazole rings is 2. The lowest BCUT2D eigenvalue weighted by Crippen LogP contribution is -2.53. The minimum absolute atomic E-state index is 0.0625. The van der Waals surface area contributed by atoms with Crippen molar-refractivity contribution in [3.8, 4) is 33.6 Å². The maximum atomic E-state index is 13.6. The molecule has 4 atom stereocenters. The van der Waals surface area contributed by atoms with Gasteiger partial charge in [0.05, 0.1) is 35.9 Å². The quantitative estimate of drug-likeness (QED) is 0.0951. The van der Waals surface area contributed by atoms with Gasteiger partial charge in [-0.05, 0) is 73.6 Å². The van der Waals surface area contributed by atoms with Gasteiger partial charge in [-0.25, -0.2) is 19.6 Å². The summed E-state index contributed by atoms with van der Waals surface area (Å²) in [5, 5.41) is 11.2. The molecule has 56 heavy (non-hydrogen) atoms. The van der Waals surface area contributed by atoms with Gasteiger partial charge in [-0.2, -0.15) is 0 Å². The van der Waals surface area contributed by atoms with Crippen LogP contribution in [0.5, 0.6) is 0 Å². The zero-order valence-corrected chi connectivity index (χ0v) is 33.3. The topological polar surface area (TPSA) is 180 Å². The van der Waals surface area contributed by atoms with Crippen LogP contribution < -0.4 is 21.3 Å². The molecule has 0 aliphatic carbocycles. The van der Waals surface area contributed by atoms with Gasteiger partial charge in [-0.15, -0.1) is 0 Å². The molecule has 0 spiro atoms. The summed E-state index contributed by atoms with van der Waals surface area (Å²) in [6, 6.07) is 14.3. The average Bonchev–Trinajstić information content (AvgIpc) is 4.02. The summed E-state index contributed by atoms with van der Waals surface area (Å²) >= 11 is 0. The molecule has 2 unspecified atom stereocenters. The maximum absolute atomic E-state index is 13.6. The molecule has 0 radical (unpaired) electrons. The highest BCUT2D eigenvalue weighted by Crippen LogP contribution is 2.35. The highest BCUT2D eigenvalue weighted by molar-refractivity contribution is 5.88. The zero-order chi connectivity index (χ0) is 39.9. The molecule has 0 saturated carbocycles. The third-order valence-corrected chi connectivity index (χ3v) is 10.7. The first-order chi connectivity index (χ1) is 27.0. The van der Waals surface area contributed by atoms with Crippen molar-refractivity contribution in [2.75, 3.05) is 26.2 Å². The Hall–Kier alpha value is -5.66. The fraction of sp³-hybridized carbons (Fsp3) is 0.476. The lowest BCUT2D eigenvalue weighted by Gasteiger charge is -2.30. The van der Waals surface area contributed by atoms with E-state index in [1.807, 2.05) is 63.7 Å². The molecular formula is C42H56N10O4. The summed E-state index contributed by atoms with van der Waals surface area (Å²) in [6.45, 7) is 13.7. The van der Waals surface area contributed by atoms with Gasteiger partial charge >= 0.3 is 12.1 Å². The zero-order valence-electron chi connectivity index (χ0n) is 33.3. The Morgan fingerprint density at radius 2 is 0.982 bits per heavy atom. The molecule has 14 nitrogen and oxygen atoms in total. The molecule has 6 amide bonds. The molecule has 4 aromatic rings. The SMILES string of the molecule is CCNC(=O)NC(C(=O)N1CCC[C@H]1c1ncc(-c2ccc(-c3ccc(-c4cnc([C@@H]5CCCN5C(=O)C(NC(=O)NCC)C(C)C)[nH]4)cc3)cc2)[nH]1)C(C)C. The van der Waals surface area contributed by atoms with Crippen molar-refractivity contribution >= 4 is 23.9 Å². The van der Waals surface area contributed by atoms with Crippen LogP contribution in [-0.2, 0) is 9.59 Å². The predicted molar refractivity (Wildman–Crippen MR) is 216 cm³/mol. The number of amides is 6. The summed E-state index contributed by atoms with van der Waals surface area (Å²) in [7, 11) is 0. The van der Waals surface area contributed by atoms with Gasteiger partial charge in [-0.1, -0.05) is 76.2 Å². The largest absolute Gasteiger partial charge is 0.340 e. The van der Waals surface area contributed by atoms with Crippen LogP contribution in [0.1, 0.15) is 91.0 Å². The van der Waals surface area contributed by atoms with Gasteiger partial charge in [0.2, 0.25) is 11.8 Å². The Morgan fingerprint density at radius 1 is 0.625 bits per heavy atom. The van der Waals surface area contributed by atoms with E-state index in [0.29, 0.717) is 26.2 Å². The monoisotopic (exact) mass is 764 g/mol. The summed E-state index contributed by atoms with van der Waals surface area (Å²) in [5.41, 5.74) is 5.86. The van der Waals surface area contributed by atoms with Gasteiger partial charge in [0.1, 0.15) is 23.7 Å². The van der Waals surface area contributed by atoms with E-state index in [2.05, 4.69) is 79.8 Å². The number of nitrogens with zero attached hydrogens (tertiary/aromatic N) is 4. The van der Waals surface area contributed by atoms with Crippen LogP contribution in [0.3, 0.4) is 0 Å². The standard InChI is InChI=1S/C42H56N10O4/c1-7-43-41(55)49-35(25(3)4)39(53)51-21-9-11-33(51)37-45-23-31(47-37)29-17-13-27(14-18-29)28-15-19-30(20-16-28)32-24-46-38(48-32)34-12-10-22-52(34)40(54)36(26(5)6)50-42(56)44-8-2/h13-20,23-26,33-36H,7-12,21-22H2,1-6H3,(H,45,47)(H,46,48)(H2,43,49,55)(H2,44,50,56)/t33-,34-,35?,36?/m0/s1. The van der Waals surface area contributed by atoms with Crippen LogP contribution >= 0.6 is 0 Å². The third-order valence-electron chi connectivity index (χ3n) is 10.7. The molecule has 2 aliphatic heterocycles. The van der Waals surface area contributed by atoms with Crippen molar-refractivity contribution in [1.82, 2.24) is 51.0 Å². The van der Waals surface area contributed by atoms with Crippen LogP contribution in [0, 0.1) is 11.8 Å². The molecule has 2 saturated heterocycles. The summed E-state index contributed by atoms with van der Waals surface area (Å²) in [6.07, 6.45) is 6.97. The van der Waals surface area contributed by atoms with Crippen LogP contribution in [-0.4, -0.2) is 91.9 Å². The van der Waals surface area contributed by atoms with E-state index >= 15 is 0 Å². The molecule has 0 bridgehead atoms. The molecule has 2 aromatic carbocycles. The Bertz CT molecular complexity index is 1830. The molecule has 6 N–H and O–H groups in total. The van der Waals surface area contributed by atoms with Gasteiger partial charge < -0.3 is 41.0 Å². The minimum Gasteiger partial charge on any atom is -0.340 e. The van der Waals surface area contributed by atoms with Gasteiger partial charge in [0.15, 0.2) is 0 Å². The molecule has 6 rings (SSSR count). The smallest absolute Gasteiger partial charge is 0.315 e. The summed E-state index contributed by atoms with van der Waals surface area (Å²) in [4.78, 5) is 71.9. The first-order valence-electron chi connectivity index (χ1n) is 20.0. The van der Waals surface area contributed by atoms with E-state index in [9.17, 15) is 19.2 Å². The van der Waals surface area contributed by atoms with Crippen LogP contribution in [0.4, 0.5) is 9.59 Å². The Morgan fingerprint density at radius 3 is 1.32 bits per heavy atom.